The minimum atomic E-state index is -0.276. The van der Waals surface area contributed by atoms with Crippen LogP contribution in [0.5, 0.6) is 0 Å². The van der Waals surface area contributed by atoms with Crippen molar-refractivity contribution in [3.8, 4) is 0 Å². The van der Waals surface area contributed by atoms with Crippen molar-refractivity contribution in [3.05, 3.63) is 34.9 Å². The summed E-state index contributed by atoms with van der Waals surface area (Å²) in [6.45, 7) is 6.23. The first-order valence-corrected chi connectivity index (χ1v) is 5.76. The van der Waals surface area contributed by atoms with Crippen molar-refractivity contribution in [2.24, 2.45) is 0 Å². The molecule has 0 amide bonds. The second-order valence-corrected chi connectivity index (χ2v) is 4.95. The molecule has 0 atom stereocenters. The van der Waals surface area contributed by atoms with Crippen LogP contribution in [0.15, 0.2) is 18.2 Å². The Bertz CT molecular complexity index is 411. The van der Waals surface area contributed by atoms with E-state index in [2.05, 4.69) is 19.2 Å². The van der Waals surface area contributed by atoms with E-state index in [-0.39, 0.29) is 11.5 Å². The zero-order valence-corrected chi connectivity index (χ0v) is 11.3. The van der Waals surface area contributed by atoms with Gasteiger partial charge in [-0.3, -0.25) is 0 Å². The lowest BCUT2D eigenvalue weighted by atomic mass is 9.93. The van der Waals surface area contributed by atoms with E-state index >= 15 is 0 Å². The lowest BCUT2D eigenvalue weighted by Gasteiger charge is -2.24. The third-order valence-electron chi connectivity index (χ3n) is 3.02. The molecule has 0 radical (unpaired) electrons. The highest BCUT2D eigenvalue weighted by Crippen LogP contribution is 2.17. The van der Waals surface area contributed by atoms with Gasteiger partial charge in [0.1, 0.15) is 0 Å². The molecule has 1 aromatic rings. The monoisotopic (exact) mass is 235 g/mol. The van der Waals surface area contributed by atoms with E-state index in [0.717, 1.165) is 12.0 Å². The van der Waals surface area contributed by atoms with Gasteiger partial charge in [0.05, 0.1) is 12.7 Å². The summed E-state index contributed by atoms with van der Waals surface area (Å²) in [5.41, 5.74) is 2.87. The number of likely N-dealkylation sites (N-methyl/N-ethyl adjacent to an activating group) is 1. The van der Waals surface area contributed by atoms with Gasteiger partial charge in [-0.25, -0.2) is 4.79 Å². The van der Waals surface area contributed by atoms with Crippen molar-refractivity contribution in [2.45, 2.75) is 32.7 Å². The number of esters is 1. The molecule has 0 aromatic heterocycles. The number of carbonyl (C=O) groups excluding carboxylic acids is 1. The Morgan fingerprint density at radius 3 is 2.53 bits per heavy atom. The van der Waals surface area contributed by atoms with Crippen LogP contribution in [0.4, 0.5) is 0 Å². The highest BCUT2D eigenvalue weighted by atomic mass is 16.5. The molecule has 3 heteroatoms. The number of hydrogen-bond donors (Lipinski definition) is 1. The molecule has 17 heavy (non-hydrogen) atoms. The molecule has 0 saturated carbocycles. The smallest absolute Gasteiger partial charge is 0.338 e. The van der Waals surface area contributed by atoms with E-state index in [4.69, 9.17) is 4.74 Å². The Labute approximate surface area is 103 Å². The van der Waals surface area contributed by atoms with Crippen LogP contribution in [-0.2, 0) is 11.2 Å². The first-order chi connectivity index (χ1) is 7.89. The Kier molecular flexibility index (Phi) is 4.29. The average Bonchev–Trinajstić information content (AvgIpc) is 2.28. The van der Waals surface area contributed by atoms with Crippen LogP contribution >= 0.6 is 0 Å². The topological polar surface area (TPSA) is 38.3 Å². The summed E-state index contributed by atoms with van der Waals surface area (Å²) >= 11 is 0. The van der Waals surface area contributed by atoms with Crippen molar-refractivity contribution in [1.82, 2.24) is 5.32 Å². The molecule has 1 N–H and O–H groups in total. The molecule has 0 aliphatic carbocycles. The molecule has 0 unspecified atom stereocenters. The van der Waals surface area contributed by atoms with Gasteiger partial charge in [-0.1, -0.05) is 12.1 Å². The summed E-state index contributed by atoms with van der Waals surface area (Å²) in [6, 6.07) is 5.87. The van der Waals surface area contributed by atoms with Gasteiger partial charge in [0.15, 0.2) is 0 Å². The van der Waals surface area contributed by atoms with Crippen LogP contribution in [0.3, 0.4) is 0 Å². The molecule has 0 aliphatic rings. The Balaban J connectivity index is 2.93. The molecular weight excluding hydrogens is 214 g/mol. The van der Waals surface area contributed by atoms with Crippen molar-refractivity contribution in [3.63, 3.8) is 0 Å². The van der Waals surface area contributed by atoms with Crippen molar-refractivity contribution in [1.29, 1.82) is 0 Å². The van der Waals surface area contributed by atoms with Gasteiger partial charge < -0.3 is 10.1 Å². The average molecular weight is 235 g/mol. The van der Waals surface area contributed by atoms with Crippen molar-refractivity contribution < 1.29 is 9.53 Å². The fourth-order valence-corrected chi connectivity index (χ4v) is 1.77. The van der Waals surface area contributed by atoms with Crippen LogP contribution in [0.25, 0.3) is 0 Å². The number of aryl methyl sites for hydroxylation is 1. The number of hydrogen-bond acceptors (Lipinski definition) is 3. The van der Waals surface area contributed by atoms with Gasteiger partial charge in [0.25, 0.3) is 0 Å². The summed E-state index contributed by atoms with van der Waals surface area (Å²) in [5, 5.41) is 3.27. The van der Waals surface area contributed by atoms with E-state index in [1.165, 1.54) is 12.7 Å². The largest absolute Gasteiger partial charge is 0.465 e. The van der Waals surface area contributed by atoms with E-state index in [1.54, 1.807) is 0 Å². The maximum Gasteiger partial charge on any atom is 0.338 e. The molecule has 0 heterocycles. The van der Waals surface area contributed by atoms with Crippen LogP contribution in [0.2, 0.25) is 0 Å². The third-order valence-corrected chi connectivity index (χ3v) is 3.02. The van der Waals surface area contributed by atoms with Crippen LogP contribution in [-0.4, -0.2) is 25.7 Å². The molecule has 94 valence electrons. The number of carbonyl (C=O) groups is 1. The van der Waals surface area contributed by atoms with Crippen LogP contribution < -0.4 is 5.32 Å². The number of methoxy groups -OCH3 is 1. The molecule has 3 nitrogen and oxygen atoms in total. The summed E-state index contributed by atoms with van der Waals surface area (Å²) in [6.07, 6.45) is 0.922. The van der Waals surface area contributed by atoms with E-state index in [9.17, 15) is 4.79 Å². The lowest BCUT2D eigenvalue weighted by molar-refractivity contribution is 0.0600. The fourth-order valence-electron chi connectivity index (χ4n) is 1.77. The van der Waals surface area contributed by atoms with Crippen LogP contribution in [0, 0.1) is 6.92 Å². The van der Waals surface area contributed by atoms with E-state index in [1.807, 2.05) is 32.2 Å². The first kappa shape index (κ1) is 13.7. The predicted octanol–water partition coefficient (Wildman–Crippen LogP) is 2.32. The molecule has 0 saturated heterocycles. The number of ether oxygens (including phenoxy) is 1. The van der Waals surface area contributed by atoms with Gasteiger partial charge in [0.2, 0.25) is 0 Å². The van der Waals surface area contributed by atoms with Gasteiger partial charge in [-0.05, 0) is 51.4 Å². The second kappa shape index (κ2) is 5.32. The Morgan fingerprint density at radius 1 is 1.41 bits per heavy atom. The predicted molar refractivity (Wildman–Crippen MR) is 69.4 cm³/mol. The zero-order valence-electron chi connectivity index (χ0n) is 11.3. The summed E-state index contributed by atoms with van der Waals surface area (Å²) in [5.74, 6) is -0.276. The quantitative estimate of drug-likeness (QED) is 0.814. The standard InChI is InChI=1S/C14H21NO2/c1-10-8-11(9-14(2,3)15-4)6-7-12(10)13(16)17-5/h6-8,15H,9H2,1-5H3. The van der Waals surface area contributed by atoms with E-state index < -0.39 is 0 Å². The number of benzene rings is 1. The molecule has 1 rings (SSSR count). The maximum absolute atomic E-state index is 11.5. The highest BCUT2D eigenvalue weighted by molar-refractivity contribution is 5.90. The van der Waals surface area contributed by atoms with Crippen molar-refractivity contribution >= 4 is 5.97 Å². The van der Waals surface area contributed by atoms with Gasteiger partial charge >= 0.3 is 5.97 Å². The molecular formula is C14H21NO2. The fraction of sp³-hybridized carbons (Fsp3) is 0.500. The summed E-state index contributed by atoms with van der Waals surface area (Å²) in [7, 11) is 3.36. The third kappa shape index (κ3) is 3.56. The number of nitrogens with one attached hydrogen (secondary N) is 1. The number of rotatable bonds is 4. The minimum absolute atomic E-state index is 0.0548. The normalized spacial score (nSPS) is 11.4. The highest BCUT2D eigenvalue weighted by Gasteiger charge is 2.16. The van der Waals surface area contributed by atoms with E-state index in [0.29, 0.717) is 5.56 Å². The zero-order chi connectivity index (χ0) is 13.1. The second-order valence-electron chi connectivity index (χ2n) is 4.95. The summed E-state index contributed by atoms with van der Waals surface area (Å²) in [4.78, 5) is 11.5. The first-order valence-electron chi connectivity index (χ1n) is 5.76. The van der Waals surface area contributed by atoms with Gasteiger partial charge in [-0.15, -0.1) is 0 Å². The van der Waals surface area contributed by atoms with Gasteiger partial charge in [0, 0.05) is 5.54 Å². The van der Waals surface area contributed by atoms with Crippen molar-refractivity contribution in [2.75, 3.05) is 14.2 Å². The molecule has 1 aromatic carbocycles. The van der Waals surface area contributed by atoms with Crippen LogP contribution in [0.1, 0.15) is 35.3 Å². The molecule has 0 aliphatic heterocycles. The summed E-state index contributed by atoms with van der Waals surface area (Å²) < 4.78 is 4.73. The van der Waals surface area contributed by atoms with Gasteiger partial charge in [-0.2, -0.15) is 0 Å². The molecule has 0 bridgehead atoms. The minimum Gasteiger partial charge on any atom is -0.465 e. The maximum atomic E-state index is 11.5. The molecule has 0 spiro atoms. The SMILES string of the molecule is CNC(C)(C)Cc1ccc(C(=O)OC)c(C)c1. The Morgan fingerprint density at radius 2 is 2.06 bits per heavy atom. The molecule has 0 fully saturated rings. The lowest BCUT2D eigenvalue weighted by Crippen LogP contribution is -2.38. The Hall–Kier alpha value is -1.35.